The Bertz CT molecular complexity index is 466. The minimum atomic E-state index is -0.0212. The highest BCUT2D eigenvalue weighted by Gasteiger charge is 2.17. The van der Waals surface area contributed by atoms with Crippen molar-refractivity contribution in [1.29, 1.82) is 0 Å². The number of amides is 1. The molecule has 0 spiro atoms. The van der Waals surface area contributed by atoms with Crippen LogP contribution in [0.15, 0.2) is 18.3 Å². The highest BCUT2D eigenvalue weighted by molar-refractivity contribution is 7.99. The molecule has 2 heterocycles. The monoisotopic (exact) mass is 309 g/mol. The number of thioether (sulfide) groups is 1. The molecule has 21 heavy (non-hydrogen) atoms. The smallest absolute Gasteiger partial charge is 0.233 e. The van der Waals surface area contributed by atoms with Crippen LogP contribution in [0.3, 0.4) is 0 Å². The molecule has 2 rings (SSSR count). The lowest BCUT2D eigenvalue weighted by Gasteiger charge is -2.32. The van der Waals surface area contributed by atoms with Gasteiger partial charge in [0.2, 0.25) is 5.91 Å². The molecule has 0 bridgehead atoms. The van der Waals surface area contributed by atoms with Gasteiger partial charge in [0.05, 0.1) is 18.0 Å². The standard InChI is InChI=1S/C15H23N3O2S/c1-11-10-18(6-7-20-11)14-5-4-13(8-16-14)9-17-15(19)12(2)21-3/h4-5,8,11-12H,6-7,9-10H2,1-3H3,(H,17,19). The van der Waals surface area contributed by atoms with E-state index in [2.05, 4.69) is 22.1 Å². The van der Waals surface area contributed by atoms with Gasteiger partial charge in [0.25, 0.3) is 0 Å². The molecule has 0 aromatic carbocycles. The normalized spacial score (nSPS) is 20.1. The van der Waals surface area contributed by atoms with Crippen LogP contribution in [0, 0.1) is 0 Å². The first kappa shape index (κ1) is 16.1. The Morgan fingerprint density at radius 2 is 2.43 bits per heavy atom. The maximum absolute atomic E-state index is 11.7. The van der Waals surface area contributed by atoms with Gasteiger partial charge < -0.3 is 15.0 Å². The fourth-order valence-electron chi connectivity index (χ4n) is 2.17. The summed E-state index contributed by atoms with van der Waals surface area (Å²) in [5.41, 5.74) is 1.02. The fraction of sp³-hybridized carbons (Fsp3) is 0.600. The zero-order chi connectivity index (χ0) is 15.2. The van der Waals surface area contributed by atoms with E-state index in [-0.39, 0.29) is 17.3 Å². The number of rotatable bonds is 5. The van der Waals surface area contributed by atoms with Gasteiger partial charge in [0.1, 0.15) is 5.82 Å². The molecule has 0 radical (unpaired) electrons. The van der Waals surface area contributed by atoms with E-state index in [0.717, 1.165) is 31.1 Å². The quantitative estimate of drug-likeness (QED) is 0.897. The molecule has 2 unspecified atom stereocenters. The Hall–Kier alpha value is -1.27. The number of anilines is 1. The van der Waals surface area contributed by atoms with Crippen molar-refractivity contribution in [2.24, 2.45) is 0 Å². The second-order valence-corrected chi connectivity index (χ2v) is 6.43. The van der Waals surface area contributed by atoms with Crippen molar-refractivity contribution >= 4 is 23.5 Å². The van der Waals surface area contributed by atoms with Crippen molar-refractivity contribution < 1.29 is 9.53 Å². The van der Waals surface area contributed by atoms with E-state index in [1.165, 1.54) is 0 Å². The van der Waals surface area contributed by atoms with Crippen molar-refractivity contribution in [2.75, 3.05) is 30.9 Å². The third kappa shape index (κ3) is 4.61. The SMILES string of the molecule is CSC(C)C(=O)NCc1ccc(N2CCOC(C)C2)nc1. The highest BCUT2D eigenvalue weighted by atomic mass is 32.2. The summed E-state index contributed by atoms with van der Waals surface area (Å²) < 4.78 is 5.53. The Balaban J connectivity index is 1.88. The molecule has 1 aliphatic rings. The lowest BCUT2D eigenvalue weighted by atomic mass is 10.2. The molecule has 1 aromatic rings. The molecule has 2 atom stereocenters. The largest absolute Gasteiger partial charge is 0.375 e. The molecule has 5 nitrogen and oxygen atoms in total. The van der Waals surface area contributed by atoms with Crippen LogP contribution in [-0.2, 0) is 16.1 Å². The lowest BCUT2D eigenvalue weighted by Crippen LogP contribution is -2.41. The molecular formula is C15H23N3O2S. The molecule has 1 saturated heterocycles. The third-order valence-corrected chi connectivity index (χ3v) is 4.48. The zero-order valence-corrected chi connectivity index (χ0v) is 13.7. The summed E-state index contributed by atoms with van der Waals surface area (Å²) in [6, 6.07) is 4.03. The van der Waals surface area contributed by atoms with Crippen LogP contribution in [-0.4, -0.2) is 48.2 Å². The Kier molecular flexibility index (Phi) is 5.87. The first-order valence-corrected chi connectivity index (χ1v) is 8.51. The van der Waals surface area contributed by atoms with Gasteiger partial charge in [-0.15, -0.1) is 0 Å². The van der Waals surface area contributed by atoms with Gasteiger partial charge in [0.15, 0.2) is 0 Å². The Morgan fingerprint density at radius 3 is 3.05 bits per heavy atom. The van der Waals surface area contributed by atoms with Gasteiger partial charge in [-0.1, -0.05) is 6.07 Å². The number of hydrogen-bond donors (Lipinski definition) is 1. The molecule has 0 aliphatic carbocycles. The van der Waals surface area contributed by atoms with Crippen LogP contribution in [0.25, 0.3) is 0 Å². The molecule has 6 heteroatoms. The van der Waals surface area contributed by atoms with Crippen molar-refractivity contribution in [2.45, 2.75) is 31.7 Å². The number of carbonyl (C=O) groups is 1. The van der Waals surface area contributed by atoms with Crippen LogP contribution in [0.5, 0.6) is 0 Å². The van der Waals surface area contributed by atoms with E-state index in [9.17, 15) is 4.79 Å². The van der Waals surface area contributed by atoms with Gasteiger partial charge in [-0.05, 0) is 31.7 Å². The van der Waals surface area contributed by atoms with E-state index in [0.29, 0.717) is 6.54 Å². The molecule has 1 amide bonds. The minimum absolute atomic E-state index is 0.0212. The average Bonchev–Trinajstić information content (AvgIpc) is 2.52. The number of morpholine rings is 1. The summed E-state index contributed by atoms with van der Waals surface area (Å²) in [4.78, 5) is 18.4. The van der Waals surface area contributed by atoms with Crippen LogP contribution >= 0.6 is 11.8 Å². The second kappa shape index (κ2) is 7.66. The third-order valence-electron chi connectivity index (χ3n) is 3.56. The van der Waals surface area contributed by atoms with Crippen LogP contribution in [0.2, 0.25) is 0 Å². The summed E-state index contributed by atoms with van der Waals surface area (Å²) in [6.45, 7) is 6.99. The summed E-state index contributed by atoms with van der Waals surface area (Å²) in [7, 11) is 0. The van der Waals surface area contributed by atoms with Crippen molar-refractivity contribution in [3.63, 3.8) is 0 Å². The van der Waals surface area contributed by atoms with E-state index in [4.69, 9.17) is 4.74 Å². The van der Waals surface area contributed by atoms with Gasteiger partial charge >= 0.3 is 0 Å². The average molecular weight is 309 g/mol. The molecule has 1 N–H and O–H groups in total. The summed E-state index contributed by atoms with van der Waals surface area (Å²) in [6.07, 6.45) is 4.01. The van der Waals surface area contributed by atoms with Gasteiger partial charge in [-0.25, -0.2) is 4.98 Å². The fourth-order valence-corrected chi connectivity index (χ4v) is 2.47. The summed E-state index contributed by atoms with van der Waals surface area (Å²) in [5.74, 6) is 1.03. The van der Waals surface area contributed by atoms with Crippen molar-refractivity contribution in [3.8, 4) is 0 Å². The maximum Gasteiger partial charge on any atom is 0.233 e. The highest BCUT2D eigenvalue weighted by Crippen LogP contribution is 2.15. The van der Waals surface area contributed by atoms with Crippen molar-refractivity contribution in [3.05, 3.63) is 23.9 Å². The number of ether oxygens (including phenoxy) is 1. The number of carbonyl (C=O) groups excluding carboxylic acids is 1. The Morgan fingerprint density at radius 1 is 1.62 bits per heavy atom. The topological polar surface area (TPSA) is 54.5 Å². The molecule has 1 aliphatic heterocycles. The number of aromatic nitrogens is 1. The van der Waals surface area contributed by atoms with Gasteiger partial charge in [-0.3, -0.25) is 4.79 Å². The van der Waals surface area contributed by atoms with E-state index < -0.39 is 0 Å². The molecule has 1 aromatic heterocycles. The molecular weight excluding hydrogens is 286 g/mol. The second-order valence-electron chi connectivity index (χ2n) is 5.25. The van der Waals surface area contributed by atoms with Crippen molar-refractivity contribution in [1.82, 2.24) is 10.3 Å². The van der Waals surface area contributed by atoms with Gasteiger partial charge in [0, 0.05) is 25.8 Å². The molecule has 0 saturated carbocycles. The van der Waals surface area contributed by atoms with E-state index >= 15 is 0 Å². The lowest BCUT2D eigenvalue weighted by molar-refractivity contribution is -0.120. The molecule has 1 fully saturated rings. The van der Waals surface area contributed by atoms with Crippen LogP contribution in [0.1, 0.15) is 19.4 Å². The number of nitrogens with zero attached hydrogens (tertiary/aromatic N) is 2. The predicted octanol–water partition coefficient (Wildman–Crippen LogP) is 1.67. The number of nitrogens with one attached hydrogen (secondary N) is 1. The minimum Gasteiger partial charge on any atom is -0.375 e. The summed E-state index contributed by atoms with van der Waals surface area (Å²) >= 11 is 1.54. The Labute approximate surface area is 130 Å². The van der Waals surface area contributed by atoms with Crippen LogP contribution in [0.4, 0.5) is 5.82 Å². The first-order chi connectivity index (χ1) is 10.1. The van der Waals surface area contributed by atoms with Crippen LogP contribution < -0.4 is 10.2 Å². The van der Waals surface area contributed by atoms with E-state index in [1.807, 2.05) is 31.5 Å². The number of hydrogen-bond acceptors (Lipinski definition) is 5. The summed E-state index contributed by atoms with van der Waals surface area (Å²) in [5, 5.41) is 2.90. The van der Waals surface area contributed by atoms with E-state index in [1.54, 1.807) is 11.8 Å². The zero-order valence-electron chi connectivity index (χ0n) is 12.8. The first-order valence-electron chi connectivity index (χ1n) is 7.22. The predicted molar refractivity (Wildman–Crippen MR) is 86.7 cm³/mol. The number of pyridine rings is 1. The maximum atomic E-state index is 11.7. The van der Waals surface area contributed by atoms with Gasteiger partial charge in [-0.2, -0.15) is 11.8 Å². The molecule has 116 valence electrons.